The first kappa shape index (κ1) is 30.2. The van der Waals surface area contributed by atoms with Crippen LogP contribution in [0.1, 0.15) is 24.5 Å². The van der Waals surface area contributed by atoms with Crippen molar-refractivity contribution in [3.05, 3.63) is 94.5 Å². The van der Waals surface area contributed by atoms with Gasteiger partial charge in [-0.05, 0) is 47.9 Å². The van der Waals surface area contributed by atoms with E-state index in [1.165, 1.54) is 4.90 Å². The maximum absolute atomic E-state index is 14.0. The average molecular weight is 617 g/mol. The van der Waals surface area contributed by atoms with Crippen LogP contribution in [0.4, 0.5) is 5.69 Å². The van der Waals surface area contributed by atoms with Gasteiger partial charge in [-0.2, -0.15) is 0 Å². The van der Waals surface area contributed by atoms with Crippen LogP contribution in [-0.2, 0) is 32.6 Å². The number of methoxy groups -OCH3 is 1. The number of hydrogen-bond acceptors (Lipinski definition) is 5. The fourth-order valence-electron chi connectivity index (χ4n) is 4.13. The van der Waals surface area contributed by atoms with E-state index in [0.717, 1.165) is 28.1 Å². The second kappa shape index (κ2) is 14.1. The molecule has 10 heteroatoms. The number of amides is 2. The summed E-state index contributed by atoms with van der Waals surface area (Å²) in [5, 5.41) is 2.92. The van der Waals surface area contributed by atoms with Crippen LogP contribution in [0, 0.1) is 0 Å². The summed E-state index contributed by atoms with van der Waals surface area (Å²) >= 11 is 3.37. The molecule has 0 radical (unpaired) electrons. The Hall–Kier alpha value is -3.37. The zero-order valence-electron chi connectivity index (χ0n) is 22.3. The van der Waals surface area contributed by atoms with Crippen LogP contribution < -0.4 is 14.4 Å². The normalized spacial score (nSPS) is 11.9. The Bertz CT molecular complexity index is 1370. The second-order valence-electron chi connectivity index (χ2n) is 9.12. The minimum absolute atomic E-state index is 0.0865. The summed E-state index contributed by atoms with van der Waals surface area (Å²) in [4.78, 5) is 29.0. The van der Waals surface area contributed by atoms with E-state index in [0.29, 0.717) is 22.5 Å². The van der Waals surface area contributed by atoms with Crippen LogP contribution in [0.15, 0.2) is 83.3 Å². The van der Waals surface area contributed by atoms with Gasteiger partial charge in [0.1, 0.15) is 18.3 Å². The second-order valence-corrected chi connectivity index (χ2v) is 11.9. The fourth-order valence-corrected chi connectivity index (χ4v) is 5.36. The van der Waals surface area contributed by atoms with Crippen molar-refractivity contribution in [2.45, 2.75) is 32.4 Å². The number of halogens is 1. The highest BCUT2D eigenvalue weighted by Crippen LogP contribution is 2.24. The van der Waals surface area contributed by atoms with E-state index in [9.17, 15) is 18.0 Å². The van der Waals surface area contributed by atoms with Gasteiger partial charge >= 0.3 is 0 Å². The van der Waals surface area contributed by atoms with Gasteiger partial charge in [0, 0.05) is 24.0 Å². The molecular formula is C29H34BrN3O5S. The summed E-state index contributed by atoms with van der Waals surface area (Å²) in [7, 11) is -2.27. The van der Waals surface area contributed by atoms with Gasteiger partial charge in [-0.15, -0.1) is 0 Å². The number of nitrogens with one attached hydrogen (secondary N) is 1. The van der Waals surface area contributed by atoms with Crippen LogP contribution in [0.5, 0.6) is 5.75 Å². The zero-order valence-corrected chi connectivity index (χ0v) is 24.7. The molecule has 0 aromatic heterocycles. The molecule has 0 heterocycles. The molecule has 1 atom stereocenters. The van der Waals surface area contributed by atoms with Gasteiger partial charge in [0.25, 0.3) is 0 Å². The third kappa shape index (κ3) is 8.83. The first-order chi connectivity index (χ1) is 18.6. The van der Waals surface area contributed by atoms with E-state index < -0.39 is 28.5 Å². The Morgan fingerprint density at radius 1 is 0.974 bits per heavy atom. The average Bonchev–Trinajstić information content (AvgIpc) is 2.92. The van der Waals surface area contributed by atoms with Crippen molar-refractivity contribution in [3.8, 4) is 5.75 Å². The Kier molecular flexibility index (Phi) is 10.9. The summed E-state index contributed by atoms with van der Waals surface area (Å²) in [6.45, 7) is 2.03. The number of nitrogens with zero attached hydrogens (tertiary/aromatic N) is 2. The molecule has 0 aliphatic heterocycles. The lowest BCUT2D eigenvalue weighted by Crippen LogP contribution is -2.53. The largest absolute Gasteiger partial charge is 0.497 e. The van der Waals surface area contributed by atoms with Crippen LogP contribution in [-0.4, -0.2) is 57.6 Å². The van der Waals surface area contributed by atoms with E-state index in [1.807, 2.05) is 49.4 Å². The van der Waals surface area contributed by atoms with Gasteiger partial charge in [0.15, 0.2) is 0 Å². The SMILES string of the molecule is CCCNC(=O)[C@H](Cc1ccccc1)N(Cc1cccc(OC)c1)C(=O)CN(c1cccc(Br)c1)S(C)(=O)=O. The lowest BCUT2D eigenvalue weighted by atomic mass is 10.0. The summed E-state index contributed by atoms with van der Waals surface area (Å²) < 4.78 is 32.7. The molecule has 208 valence electrons. The number of carbonyl (C=O) groups is 2. The minimum Gasteiger partial charge on any atom is -0.497 e. The highest BCUT2D eigenvalue weighted by Gasteiger charge is 2.33. The number of anilines is 1. The third-order valence-electron chi connectivity index (χ3n) is 6.08. The fraction of sp³-hybridized carbons (Fsp3) is 0.310. The number of hydrogen-bond donors (Lipinski definition) is 1. The molecule has 0 aliphatic carbocycles. The summed E-state index contributed by atoms with van der Waals surface area (Å²) in [6, 6.07) is 22.6. The lowest BCUT2D eigenvalue weighted by Gasteiger charge is -2.33. The molecule has 8 nitrogen and oxygen atoms in total. The monoisotopic (exact) mass is 615 g/mol. The van der Waals surface area contributed by atoms with Crippen molar-refractivity contribution in [1.29, 1.82) is 0 Å². The lowest BCUT2D eigenvalue weighted by molar-refractivity contribution is -0.140. The van der Waals surface area contributed by atoms with E-state index >= 15 is 0 Å². The predicted octanol–water partition coefficient (Wildman–Crippen LogP) is 4.39. The molecule has 0 fully saturated rings. The van der Waals surface area contributed by atoms with Gasteiger partial charge in [0.05, 0.1) is 19.1 Å². The van der Waals surface area contributed by atoms with Crippen molar-refractivity contribution in [2.24, 2.45) is 0 Å². The minimum atomic E-state index is -3.82. The number of benzene rings is 3. The molecule has 3 aromatic rings. The number of rotatable bonds is 13. The van der Waals surface area contributed by atoms with Gasteiger partial charge in [0.2, 0.25) is 21.8 Å². The first-order valence-electron chi connectivity index (χ1n) is 12.6. The van der Waals surface area contributed by atoms with Crippen LogP contribution >= 0.6 is 15.9 Å². The highest BCUT2D eigenvalue weighted by molar-refractivity contribution is 9.10. The zero-order chi connectivity index (χ0) is 28.4. The molecule has 0 unspecified atom stereocenters. The van der Waals surface area contributed by atoms with Crippen molar-refractivity contribution in [3.63, 3.8) is 0 Å². The smallest absolute Gasteiger partial charge is 0.244 e. The topological polar surface area (TPSA) is 96.0 Å². The number of ether oxygens (including phenoxy) is 1. The van der Waals surface area contributed by atoms with E-state index in [4.69, 9.17) is 4.74 Å². The maximum Gasteiger partial charge on any atom is 0.244 e. The molecular weight excluding hydrogens is 582 g/mol. The summed E-state index contributed by atoms with van der Waals surface area (Å²) in [6.07, 6.45) is 2.06. The van der Waals surface area contributed by atoms with Crippen LogP contribution in [0.3, 0.4) is 0 Å². The standard InChI is InChI=1S/C29H34BrN3O5S/c1-4-16-31-29(35)27(18-22-10-6-5-7-11-22)32(20-23-12-8-15-26(17-23)38-2)28(34)21-33(39(3,36)37)25-14-9-13-24(30)19-25/h5-15,17,19,27H,4,16,18,20-21H2,1-3H3,(H,31,35)/t27-/m0/s1. The summed E-state index contributed by atoms with van der Waals surface area (Å²) in [5.74, 6) is -0.192. The van der Waals surface area contributed by atoms with Gasteiger partial charge in [-0.3, -0.25) is 13.9 Å². The molecule has 0 bridgehead atoms. The Labute approximate surface area is 239 Å². The molecule has 2 amide bonds. The molecule has 1 N–H and O–H groups in total. The van der Waals surface area contributed by atoms with Crippen molar-refractivity contribution < 1.29 is 22.7 Å². The quantitative estimate of drug-likeness (QED) is 0.308. The predicted molar refractivity (Wildman–Crippen MR) is 157 cm³/mol. The van der Waals surface area contributed by atoms with Crippen molar-refractivity contribution >= 4 is 43.5 Å². The molecule has 0 spiro atoms. The molecule has 3 rings (SSSR count). The van der Waals surface area contributed by atoms with E-state index in [1.54, 1.807) is 43.5 Å². The molecule has 0 aliphatic rings. The number of sulfonamides is 1. The highest BCUT2D eigenvalue weighted by atomic mass is 79.9. The maximum atomic E-state index is 14.0. The van der Waals surface area contributed by atoms with Gasteiger partial charge < -0.3 is 15.0 Å². The molecule has 39 heavy (non-hydrogen) atoms. The first-order valence-corrected chi connectivity index (χ1v) is 15.2. The number of carbonyl (C=O) groups excluding carboxylic acids is 2. The molecule has 0 saturated carbocycles. The van der Waals surface area contributed by atoms with Crippen molar-refractivity contribution in [2.75, 3.05) is 30.8 Å². The Balaban J connectivity index is 2.05. The molecule has 3 aromatic carbocycles. The van der Waals surface area contributed by atoms with E-state index in [2.05, 4.69) is 21.2 Å². The third-order valence-corrected chi connectivity index (χ3v) is 7.72. The van der Waals surface area contributed by atoms with Gasteiger partial charge in [-0.25, -0.2) is 8.42 Å². The van der Waals surface area contributed by atoms with Crippen LogP contribution in [0.2, 0.25) is 0 Å². The van der Waals surface area contributed by atoms with Crippen LogP contribution in [0.25, 0.3) is 0 Å². The summed E-state index contributed by atoms with van der Waals surface area (Å²) in [5.41, 5.74) is 1.97. The molecule has 0 saturated heterocycles. The van der Waals surface area contributed by atoms with E-state index in [-0.39, 0.29) is 18.9 Å². The Morgan fingerprint density at radius 3 is 2.31 bits per heavy atom. The Morgan fingerprint density at radius 2 is 1.67 bits per heavy atom. The van der Waals surface area contributed by atoms with Crippen molar-refractivity contribution in [1.82, 2.24) is 10.2 Å². The van der Waals surface area contributed by atoms with Gasteiger partial charge in [-0.1, -0.05) is 71.4 Å².